The molecule has 0 amide bonds. The molecule has 9 heteroatoms. The number of rotatable bonds is 7. The van der Waals surface area contributed by atoms with Gasteiger partial charge in [-0.05, 0) is 35.4 Å². The topological polar surface area (TPSA) is 115 Å². The first-order valence-corrected chi connectivity index (χ1v) is 11.5. The molecule has 1 heterocycles. The van der Waals surface area contributed by atoms with Gasteiger partial charge in [0.2, 0.25) is 0 Å². The molecule has 0 radical (unpaired) electrons. The number of halogens is 1. The Morgan fingerprint density at radius 1 is 0.974 bits per heavy atom. The second kappa shape index (κ2) is 11.3. The van der Waals surface area contributed by atoms with Gasteiger partial charge in [-0.25, -0.2) is 14.0 Å². The Morgan fingerprint density at radius 3 is 2.29 bits per heavy atom. The van der Waals surface area contributed by atoms with Crippen molar-refractivity contribution in [3.05, 3.63) is 118 Å². The van der Waals surface area contributed by atoms with Crippen LogP contribution in [-0.4, -0.2) is 26.2 Å². The average molecular weight is 514 g/mol. The fourth-order valence-corrected chi connectivity index (χ4v) is 4.24. The second-order valence-electron chi connectivity index (χ2n) is 8.25. The number of nitrogens with zero attached hydrogens (tertiary/aromatic N) is 2. The number of allylic oxidation sites excluding steroid dienone is 1. The van der Waals surface area contributed by atoms with Crippen molar-refractivity contribution in [2.24, 2.45) is 5.73 Å². The molecule has 1 unspecified atom stereocenters. The van der Waals surface area contributed by atoms with Gasteiger partial charge in [0.15, 0.2) is 0 Å². The highest BCUT2D eigenvalue weighted by atomic mass is 19.1. The van der Waals surface area contributed by atoms with Gasteiger partial charge >= 0.3 is 11.9 Å². The van der Waals surface area contributed by atoms with E-state index in [0.717, 1.165) is 5.56 Å². The number of nitriles is 1. The van der Waals surface area contributed by atoms with Crippen molar-refractivity contribution in [3.8, 4) is 11.8 Å². The van der Waals surface area contributed by atoms with Gasteiger partial charge in [0.1, 0.15) is 29.7 Å². The summed E-state index contributed by atoms with van der Waals surface area (Å²) in [7, 11) is 2.37. The van der Waals surface area contributed by atoms with Crippen molar-refractivity contribution in [1.82, 2.24) is 0 Å². The van der Waals surface area contributed by atoms with Crippen LogP contribution in [0.3, 0.4) is 0 Å². The van der Waals surface area contributed by atoms with E-state index in [1.807, 2.05) is 0 Å². The zero-order chi connectivity index (χ0) is 27.2. The minimum absolute atomic E-state index is 0.0508. The van der Waals surface area contributed by atoms with Crippen molar-refractivity contribution in [3.63, 3.8) is 0 Å². The molecular formula is C29H24FN3O5. The molecule has 1 atom stereocenters. The Kier molecular flexibility index (Phi) is 7.73. The van der Waals surface area contributed by atoms with Crippen LogP contribution in [-0.2, 0) is 25.7 Å². The van der Waals surface area contributed by atoms with E-state index >= 15 is 0 Å². The van der Waals surface area contributed by atoms with E-state index in [2.05, 4.69) is 6.07 Å². The predicted octanol–water partition coefficient (Wildman–Crippen LogP) is 4.30. The molecule has 4 rings (SSSR count). The van der Waals surface area contributed by atoms with Gasteiger partial charge in [-0.2, -0.15) is 5.26 Å². The molecule has 3 aromatic carbocycles. The second-order valence-corrected chi connectivity index (χ2v) is 8.25. The lowest BCUT2D eigenvalue weighted by Gasteiger charge is -2.36. The molecule has 0 aliphatic carbocycles. The third-order valence-electron chi connectivity index (χ3n) is 6.00. The standard InChI is InChI=1S/C29H24FN3O5/c1-36-28(34)25-24(19-7-4-3-5-8-19)23(16-31)27(32)33(26(25)29(35)37-2)21-9-6-10-22(15-21)38-17-18-11-13-20(30)14-12-18/h3-15,24H,17,32H2,1-2H3. The highest BCUT2D eigenvalue weighted by Crippen LogP contribution is 2.43. The molecule has 8 nitrogen and oxygen atoms in total. The van der Waals surface area contributed by atoms with E-state index in [1.54, 1.807) is 66.7 Å². The van der Waals surface area contributed by atoms with Crippen LogP contribution in [0.25, 0.3) is 0 Å². The molecule has 0 aromatic heterocycles. The van der Waals surface area contributed by atoms with Crippen LogP contribution < -0.4 is 15.4 Å². The lowest BCUT2D eigenvalue weighted by atomic mass is 9.81. The van der Waals surface area contributed by atoms with Gasteiger partial charge < -0.3 is 19.9 Å². The Morgan fingerprint density at radius 2 is 1.66 bits per heavy atom. The first kappa shape index (κ1) is 26.0. The Bertz CT molecular complexity index is 1460. The van der Waals surface area contributed by atoms with Crippen LogP contribution in [0, 0.1) is 17.1 Å². The summed E-state index contributed by atoms with van der Waals surface area (Å²) in [6.45, 7) is 0.154. The summed E-state index contributed by atoms with van der Waals surface area (Å²) in [6.07, 6.45) is 0. The summed E-state index contributed by atoms with van der Waals surface area (Å²) in [5.74, 6) is -2.61. The SMILES string of the molecule is COC(=O)C1=C(C(=O)OC)N(c2cccc(OCc3ccc(F)cc3)c2)C(N)=C(C#N)C1c1ccccc1. The molecule has 1 aliphatic heterocycles. The number of nitrogens with two attached hydrogens (primary N) is 1. The molecule has 0 saturated carbocycles. The first-order valence-electron chi connectivity index (χ1n) is 11.5. The van der Waals surface area contributed by atoms with Gasteiger partial charge in [0.25, 0.3) is 0 Å². The van der Waals surface area contributed by atoms with E-state index in [-0.39, 0.29) is 35.1 Å². The lowest BCUT2D eigenvalue weighted by Crippen LogP contribution is -2.40. The van der Waals surface area contributed by atoms with E-state index in [1.165, 1.54) is 31.3 Å². The van der Waals surface area contributed by atoms with Crippen LogP contribution >= 0.6 is 0 Å². The summed E-state index contributed by atoms with van der Waals surface area (Å²) < 4.78 is 29.2. The molecule has 0 bridgehead atoms. The zero-order valence-electron chi connectivity index (χ0n) is 20.7. The summed E-state index contributed by atoms with van der Waals surface area (Å²) in [4.78, 5) is 27.6. The molecule has 3 aromatic rings. The molecule has 0 saturated heterocycles. The van der Waals surface area contributed by atoms with Gasteiger partial charge in [-0.1, -0.05) is 48.5 Å². The van der Waals surface area contributed by atoms with E-state index in [0.29, 0.717) is 17.0 Å². The fourth-order valence-electron chi connectivity index (χ4n) is 4.24. The highest BCUT2D eigenvalue weighted by Gasteiger charge is 2.43. The summed E-state index contributed by atoms with van der Waals surface area (Å²) in [6, 6.07) is 23.4. The smallest absolute Gasteiger partial charge is 0.355 e. The number of esters is 2. The van der Waals surface area contributed by atoms with Gasteiger partial charge in [0, 0.05) is 6.07 Å². The number of hydrogen-bond acceptors (Lipinski definition) is 8. The molecule has 38 heavy (non-hydrogen) atoms. The molecule has 192 valence electrons. The number of anilines is 1. The predicted molar refractivity (Wildman–Crippen MR) is 137 cm³/mol. The van der Waals surface area contributed by atoms with Crippen LogP contribution in [0.2, 0.25) is 0 Å². The van der Waals surface area contributed by atoms with Crippen molar-refractivity contribution in [2.75, 3.05) is 19.1 Å². The van der Waals surface area contributed by atoms with Gasteiger partial charge in [-0.15, -0.1) is 0 Å². The van der Waals surface area contributed by atoms with Crippen LogP contribution in [0.5, 0.6) is 5.75 Å². The third kappa shape index (κ3) is 5.06. The van der Waals surface area contributed by atoms with Crippen LogP contribution in [0.4, 0.5) is 10.1 Å². The van der Waals surface area contributed by atoms with Crippen molar-refractivity contribution < 1.29 is 28.2 Å². The maximum Gasteiger partial charge on any atom is 0.355 e. The minimum atomic E-state index is -0.961. The minimum Gasteiger partial charge on any atom is -0.489 e. The van der Waals surface area contributed by atoms with Crippen molar-refractivity contribution >= 4 is 17.6 Å². The average Bonchev–Trinajstić information content (AvgIpc) is 2.95. The van der Waals surface area contributed by atoms with Gasteiger partial charge in [0.05, 0.1) is 43.0 Å². The summed E-state index contributed by atoms with van der Waals surface area (Å²) in [5.41, 5.74) is 7.98. The van der Waals surface area contributed by atoms with E-state index in [4.69, 9.17) is 19.9 Å². The molecule has 0 fully saturated rings. The Labute approximate surface area is 218 Å². The molecule has 2 N–H and O–H groups in total. The van der Waals surface area contributed by atoms with E-state index < -0.39 is 17.9 Å². The third-order valence-corrected chi connectivity index (χ3v) is 6.00. The van der Waals surface area contributed by atoms with E-state index in [9.17, 15) is 19.2 Å². The number of methoxy groups -OCH3 is 2. The number of carbonyl (C=O) groups excluding carboxylic acids is 2. The fraction of sp³-hybridized carbons (Fsp3) is 0.138. The molecular weight excluding hydrogens is 489 g/mol. The Hall–Kier alpha value is -5.10. The normalized spacial score (nSPS) is 15.1. The van der Waals surface area contributed by atoms with Gasteiger partial charge in [-0.3, -0.25) is 4.90 Å². The van der Waals surface area contributed by atoms with Crippen molar-refractivity contribution in [1.29, 1.82) is 5.26 Å². The number of benzene rings is 3. The maximum absolute atomic E-state index is 13.2. The molecule has 0 spiro atoms. The number of carbonyl (C=O) groups is 2. The monoisotopic (exact) mass is 513 g/mol. The number of ether oxygens (including phenoxy) is 3. The summed E-state index contributed by atoms with van der Waals surface area (Å²) >= 11 is 0. The summed E-state index contributed by atoms with van der Waals surface area (Å²) in [5, 5.41) is 10.1. The number of hydrogen-bond donors (Lipinski definition) is 1. The first-order chi connectivity index (χ1) is 18.4. The highest BCUT2D eigenvalue weighted by molar-refractivity contribution is 6.06. The maximum atomic E-state index is 13.2. The quantitative estimate of drug-likeness (QED) is 0.465. The molecule has 1 aliphatic rings. The van der Waals surface area contributed by atoms with Crippen LogP contribution in [0.15, 0.2) is 102 Å². The largest absolute Gasteiger partial charge is 0.489 e. The Balaban J connectivity index is 1.85. The van der Waals surface area contributed by atoms with Crippen molar-refractivity contribution in [2.45, 2.75) is 12.5 Å². The zero-order valence-corrected chi connectivity index (χ0v) is 20.7. The lowest BCUT2D eigenvalue weighted by molar-refractivity contribution is -0.139. The van der Waals surface area contributed by atoms with Crippen LogP contribution in [0.1, 0.15) is 17.0 Å².